The second-order valence-electron chi connectivity index (χ2n) is 4.47. The Morgan fingerprint density at radius 3 is 2.25 bits per heavy atom. The van der Waals surface area contributed by atoms with E-state index in [0.717, 1.165) is 4.31 Å². The fraction of sp³-hybridized carbons (Fsp3) is 1.00. The summed E-state index contributed by atoms with van der Waals surface area (Å²) in [6.07, 6.45) is -4.04. The Morgan fingerprint density at radius 1 is 1.25 bits per heavy atom. The zero-order valence-corrected chi connectivity index (χ0v) is 10.1. The summed E-state index contributed by atoms with van der Waals surface area (Å²) >= 11 is 0. The normalized spacial score (nSPS) is 29.3. The number of nitrogens with zero attached hydrogens (tertiary/aromatic N) is 1. The Balaban J connectivity index is 2.71. The molecular weight excluding hydrogens is 243 g/mol. The van der Waals surface area contributed by atoms with Crippen LogP contribution in [-0.2, 0) is 10.0 Å². The molecule has 7 heteroatoms. The van der Waals surface area contributed by atoms with E-state index in [-0.39, 0.29) is 19.0 Å². The molecule has 0 aromatic heterocycles. The molecule has 0 unspecified atom stereocenters. The van der Waals surface area contributed by atoms with Crippen LogP contribution in [0.3, 0.4) is 0 Å². The van der Waals surface area contributed by atoms with E-state index in [0.29, 0.717) is 12.3 Å². The van der Waals surface area contributed by atoms with Gasteiger partial charge in [-0.2, -0.15) is 13.2 Å². The average molecular weight is 259 g/mol. The Hall–Kier alpha value is -0.300. The van der Waals surface area contributed by atoms with Gasteiger partial charge in [0, 0.05) is 13.1 Å². The van der Waals surface area contributed by atoms with Gasteiger partial charge >= 0.3 is 6.18 Å². The molecule has 1 aliphatic heterocycles. The van der Waals surface area contributed by atoms with E-state index in [1.165, 1.54) is 0 Å². The topological polar surface area (TPSA) is 37.4 Å². The smallest absolute Gasteiger partial charge is 0.212 e. The molecule has 1 aliphatic rings. The molecule has 1 rings (SSSR count). The molecule has 96 valence electrons. The van der Waals surface area contributed by atoms with Crippen LogP contribution in [0.15, 0.2) is 0 Å². The predicted octanol–water partition coefficient (Wildman–Crippen LogP) is 1.86. The largest absolute Gasteiger partial charge is 0.404 e. The highest BCUT2D eigenvalue weighted by molar-refractivity contribution is 7.89. The highest BCUT2D eigenvalue weighted by Crippen LogP contribution is 2.27. The van der Waals surface area contributed by atoms with E-state index in [1.807, 2.05) is 13.8 Å². The summed E-state index contributed by atoms with van der Waals surface area (Å²) in [5, 5.41) is 0. The van der Waals surface area contributed by atoms with Crippen LogP contribution in [-0.4, -0.2) is 37.7 Å². The monoisotopic (exact) mass is 259 g/mol. The van der Waals surface area contributed by atoms with E-state index < -0.39 is 22.0 Å². The van der Waals surface area contributed by atoms with Gasteiger partial charge in [-0.25, -0.2) is 12.7 Å². The number of rotatable bonds is 2. The second kappa shape index (κ2) is 4.52. The first-order chi connectivity index (χ1) is 7.12. The van der Waals surface area contributed by atoms with Gasteiger partial charge in [-0.15, -0.1) is 0 Å². The molecule has 1 fully saturated rings. The van der Waals surface area contributed by atoms with Crippen LogP contribution < -0.4 is 0 Å². The maximum absolute atomic E-state index is 12.1. The first kappa shape index (κ1) is 13.8. The Morgan fingerprint density at radius 2 is 1.81 bits per heavy atom. The minimum absolute atomic E-state index is 0.108. The number of halogens is 3. The summed E-state index contributed by atoms with van der Waals surface area (Å²) < 4.78 is 60.1. The molecule has 2 atom stereocenters. The highest BCUT2D eigenvalue weighted by atomic mass is 32.2. The van der Waals surface area contributed by atoms with Crippen molar-refractivity contribution in [3.8, 4) is 0 Å². The minimum Gasteiger partial charge on any atom is -0.212 e. The van der Waals surface area contributed by atoms with E-state index in [2.05, 4.69) is 0 Å². The summed E-state index contributed by atoms with van der Waals surface area (Å²) in [4.78, 5) is 0. The fourth-order valence-corrected chi connectivity index (χ4v) is 3.22. The lowest BCUT2D eigenvalue weighted by molar-refractivity contribution is -0.107. The van der Waals surface area contributed by atoms with Gasteiger partial charge in [-0.05, 0) is 18.3 Å². The maximum Gasteiger partial charge on any atom is 0.404 e. The van der Waals surface area contributed by atoms with E-state index in [9.17, 15) is 21.6 Å². The maximum atomic E-state index is 12.1. The third-order valence-corrected chi connectivity index (χ3v) is 4.85. The zero-order chi connectivity index (χ0) is 12.6. The van der Waals surface area contributed by atoms with Crippen molar-refractivity contribution in [1.29, 1.82) is 0 Å². The van der Waals surface area contributed by atoms with Crippen molar-refractivity contribution >= 4 is 10.0 Å². The van der Waals surface area contributed by atoms with Crippen LogP contribution in [0.25, 0.3) is 0 Å². The molecule has 0 saturated carbocycles. The predicted molar refractivity (Wildman–Crippen MR) is 54.4 cm³/mol. The van der Waals surface area contributed by atoms with Gasteiger partial charge in [0.15, 0.2) is 5.75 Å². The van der Waals surface area contributed by atoms with Crippen molar-refractivity contribution in [2.45, 2.75) is 26.4 Å². The van der Waals surface area contributed by atoms with E-state index in [1.54, 1.807) is 0 Å². The van der Waals surface area contributed by atoms with Crippen LogP contribution >= 0.6 is 0 Å². The summed E-state index contributed by atoms with van der Waals surface area (Å²) in [5.41, 5.74) is 0. The summed E-state index contributed by atoms with van der Waals surface area (Å²) in [7, 11) is -4.19. The van der Waals surface area contributed by atoms with Gasteiger partial charge in [0.25, 0.3) is 0 Å². The molecule has 16 heavy (non-hydrogen) atoms. The SMILES string of the molecule is C[C@@H]1CCN(S(=O)(=O)CC(F)(F)F)C[C@@H]1C. The number of hydrogen-bond acceptors (Lipinski definition) is 2. The van der Waals surface area contributed by atoms with Crippen LogP contribution in [0.2, 0.25) is 0 Å². The van der Waals surface area contributed by atoms with E-state index in [4.69, 9.17) is 0 Å². The Kier molecular flexibility index (Phi) is 3.89. The van der Waals surface area contributed by atoms with Gasteiger partial charge in [0.05, 0.1) is 0 Å². The molecule has 0 aromatic carbocycles. The Labute approximate surface area is 93.7 Å². The van der Waals surface area contributed by atoms with Crippen molar-refractivity contribution in [2.75, 3.05) is 18.8 Å². The standard InChI is InChI=1S/C9H16F3NO2S/c1-7-3-4-13(5-8(7)2)16(14,15)6-9(10,11)12/h7-8H,3-6H2,1-2H3/t7-,8+/m1/s1. The highest BCUT2D eigenvalue weighted by Gasteiger charge is 2.40. The van der Waals surface area contributed by atoms with Gasteiger partial charge in [-0.1, -0.05) is 13.8 Å². The minimum atomic E-state index is -4.66. The number of piperidine rings is 1. The Bertz CT molecular complexity index is 339. The molecule has 1 saturated heterocycles. The molecule has 0 radical (unpaired) electrons. The molecule has 1 heterocycles. The van der Waals surface area contributed by atoms with E-state index >= 15 is 0 Å². The number of sulfonamides is 1. The lowest BCUT2D eigenvalue weighted by atomic mass is 9.90. The quantitative estimate of drug-likeness (QED) is 0.759. The second-order valence-corrected chi connectivity index (χ2v) is 6.44. The molecule has 0 bridgehead atoms. The van der Waals surface area contributed by atoms with Crippen molar-refractivity contribution in [1.82, 2.24) is 4.31 Å². The molecule has 0 spiro atoms. The lowest BCUT2D eigenvalue weighted by Crippen LogP contribution is -2.45. The van der Waals surface area contributed by atoms with Crippen LogP contribution in [0, 0.1) is 11.8 Å². The number of hydrogen-bond donors (Lipinski definition) is 0. The van der Waals surface area contributed by atoms with Gasteiger partial charge in [-0.3, -0.25) is 0 Å². The van der Waals surface area contributed by atoms with Crippen molar-refractivity contribution in [2.24, 2.45) is 11.8 Å². The van der Waals surface area contributed by atoms with Crippen molar-refractivity contribution < 1.29 is 21.6 Å². The van der Waals surface area contributed by atoms with Gasteiger partial charge in [0.1, 0.15) is 0 Å². The molecule has 0 N–H and O–H groups in total. The van der Waals surface area contributed by atoms with Crippen LogP contribution in [0.4, 0.5) is 13.2 Å². The first-order valence-electron chi connectivity index (χ1n) is 5.16. The molecular formula is C9H16F3NO2S. The zero-order valence-electron chi connectivity index (χ0n) is 9.29. The molecule has 0 amide bonds. The third kappa shape index (κ3) is 3.62. The van der Waals surface area contributed by atoms with Crippen LogP contribution in [0.1, 0.15) is 20.3 Å². The summed E-state index contributed by atoms with van der Waals surface area (Å²) in [5.74, 6) is -1.28. The van der Waals surface area contributed by atoms with Gasteiger partial charge in [0.2, 0.25) is 10.0 Å². The molecule has 0 aliphatic carbocycles. The lowest BCUT2D eigenvalue weighted by Gasteiger charge is -2.34. The first-order valence-corrected chi connectivity index (χ1v) is 6.77. The van der Waals surface area contributed by atoms with Gasteiger partial charge < -0.3 is 0 Å². The van der Waals surface area contributed by atoms with Crippen molar-refractivity contribution in [3.63, 3.8) is 0 Å². The number of alkyl halides is 3. The molecule has 0 aromatic rings. The molecule has 3 nitrogen and oxygen atoms in total. The average Bonchev–Trinajstić information content (AvgIpc) is 2.05. The van der Waals surface area contributed by atoms with Crippen LogP contribution in [0.5, 0.6) is 0 Å². The fourth-order valence-electron chi connectivity index (χ4n) is 1.78. The van der Waals surface area contributed by atoms with Crippen molar-refractivity contribution in [3.05, 3.63) is 0 Å². The third-order valence-electron chi connectivity index (χ3n) is 3.04. The summed E-state index contributed by atoms with van der Waals surface area (Å²) in [6, 6.07) is 0. The summed E-state index contributed by atoms with van der Waals surface area (Å²) in [6.45, 7) is 4.24.